The quantitative estimate of drug-likeness (QED) is 0.303. The number of nitrogens with one attached hydrogen (secondary N) is 2. The predicted molar refractivity (Wildman–Crippen MR) is 64.2 cm³/mol. The van der Waals surface area contributed by atoms with Gasteiger partial charge in [0.25, 0.3) is 0 Å². The van der Waals surface area contributed by atoms with Gasteiger partial charge in [0, 0.05) is 19.7 Å². The molecule has 0 aromatic heterocycles. The maximum absolute atomic E-state index is 11.1. The number of guanidine groups is 1. The second kappa shape index (κ2) is 8.72. The third-order valence-electron chi connectivity index (χ3n) is 1.65. The first kappa shape index (κ1) is 14.4. The number of hydrogen-bond donors (Lipinski definition) is 3. The molecule has 0 fully saturated rings. The molecule has 0 aliphatic carbocycles. The standard InChI is InChI=1S/C10H20N4O2/c1-4-5-12-9(15)6-13-10(11)14-8(2)7-16-3/h4,8H,1,5-7H2,2-3H3,(H,12,15)(H3,11,13,14). The molecule has 0 saturated carbocycles. The van der Waals surface area contributed by atoms with Crippen molar-refractivity contribution in [2.75, 3.05) is 26.8 Å². The molecule has 4 N–H and O–H groups in total. The Kier molecular flexibility index (Phi) is 7.87. The van der Waals surface area contributed by atoms with Crippen molar-refractivity contribution in [3.8, 4) is 0 Å². The zero-order valence-corrected chi connectivity index (χ0v) is 9.82. The van der Waals surface area contributed by atoms with Gasteiger partial charge in [-0.2, -0.15) is 0 Å². The number of nitrogens with two attached hydrogens (primary N) is 1. The maximum atomic E-state index is 11.1. The first-order valence-electron chi connectivity index (χ1n) is 5.03. The summed E-state index contributed by atoms with van der Waals surface area (Å²) in [5.74, 6) is 0.0438. The zero-order valence-electron chi connectivity index (χ0n) is 9.82. The molecule has 0 aromatic carbocycles. The van der Waals surface area contributed by atoms with Crippen molar-refractivity contribution in [2.45, 2.75) is 13.0 Å². The molecule has 0 spiro atoms. The second-order valence-corrected chi connectivity index (χ2v) is 3.29. The van der Waals surface area contributed by atoms with Gasteiger partial charge in [0.1, 0.15) is 6.54 Å². The van der Waals surface area contributed by atoms with Crippen molar-refractivity contribution in [3.63, 3.8) is 0 Å². The van der Waals surface area contributed by atoms with Gasteiger partial charge in [0.05, 0.1) is 6.61 Å². The van der Waals surface area contributed by atoms with Gasteiger partial charge in [-0.3, -0.25) is 4.79 Å². The highest BCUT2D eigenvalue weighted by Gasteiger charge is 2.02. The van der Waals surface area contributed by atoms with Crippen molar-refractivity contribution in [1.82, 2.24) is 10.6 Å². The molecule has 0 aliphatic rings. The SMILES string of the molecule is C=CCNC(=O)CN=C(N)NC(C)COC. The number of methoxy groups -OCH3 is 1. The number of hydrogen-bond acceptors (Lipinski definition) is 3. The Balaban J connectivity index is 3.84. The summed E-state index contributed by atoms with van der Waals surface area (Å²) in [6.07, 6.45) is 1.60. The highest BCUT2D eigenvalue weighted by molar-refractivity contribution is 5.84. The Labute approximate surface area is 95.9 Å². The fourth-order valence-corrected chi connectivity index (χ4v) is 0.989. The minimum atomic E-state index is -0.191. The van der Waals surface area contributed by atoms with E-state index < -0.39 is 0 Å². The van der Waals surface area contributed by atoms with Crippen molar-refractivity contribution in [1.29, 1.82) is 0 Å². The molecule has 6 heteroatoms. The van der Waals surface area contributed by atoms with Gasteiger partial charge in [-0.15, -0.1) is 6.58 Å². The van der Waals surface area contributed by atoms with Gasteiger partial charge in [-0.25, -0.2) is 4.99 Å². The third kappa shape index (κ3) is 7.81. The van der Waals surface area contributed by atoms with Crippen LogP contribution >= 0.6 is 0 Å². The van der Waals surface area contributed by atoms with E-state index in [2.05, 4.69) is 22.2 Å². The number of rotatable bonds is 7. The van der Waals surface area contributed by atoms with Gasteiger partial charge in [-0.05, 0) is 6.92 Å². The monoisotopic (exact) mass is 228 g/mol. The van der Waals surface area contributed by atoms with Crippen LogP contribution in [0.4, 0.5) is 0 Å². The van der Waals surface area contributed by atoms with Gasteiger partial charge >= 0.3 is 0 Å². The summed E-state index contributed by atoms with van der Waals surface area (Å²) in [5, 5.41) is 5.49. The molecule has 1 atom stereocenters. The summed E-state index contributed by atoms with van der Waals surface area (Å²) in [6, 6.07) is 0.0602. The van der Waals surface area contributed by atoms with E-state index >= 15 is 0 Å². The summed E-state index contributed by atoms with van der Waals surface area (Å²) in [7, 11) is 1.61. The summed E-state index contributed by atoms with van der Waals surface area (Å²) < 4.78 is 4.92. The molecular weight excluding hydrogens is 208 g/mol. The lowest BCUT2D eigenvalue weighted by molar-refractivity contribution is -0.119. The predicted octanol–water partition coefficient (Wildman–Crippen LogP) is -0.772. The van der Waals surface area contributed by atoms with Crippen LogP contribution in [0.3, 0.4) is 0 Å². The largest absolute Gasteiger partial charge is 0.383 e. The van der Waals surface area contributed by atoms with E-state index in [-0.39, 0.29) is 24.5 Å². The molecule has 0 saturated heterocycles. The number of ether oxygens (including phenoxy) is 1. The van der Waals surface area contributed by atoms with Crippen LogP contribution in [0.15, 0.2) is 17.6 Å². The Morgan fingerprint density at radius 1 is 1.69 bits per heavy atom. The van der Waals surface area contributed by atoms with E-state index in [1.807, 2.05) is 6.92 Å². The van der Waals surface area contributed by atoms with E-state index in [4.69, 9.17) is 10.5 Å². The first-order valence-corrected chi connectivity index (χ1v) is 5.03. The van der Waals surface area contributed by atoms with Gasteiger partial charge in [0.15, 0.2) is 5.96 Å². The molecule has 0 radical (unpaired) electrons. The molecule has 1 amide bonds. The molecular formula is C10H20N4O2. The lowest BCUT2D eigenvalue weighted by atomic mass is 10.4. The van der Waals surface area contributed by atoms with Gasteiger partial charge in [-0.1, -0.05) is 6.08 Å². The Morgan fingerprint density at radius 3 is 2.94 bits per heavy atom. The highest BCUT2D eigenvalue weighted by Crippen LogP contribution is 1.81. The highest BCUT2D eigenvalue weighted by atomic mass is 16.5. The van der Waals surface area contributed by atoms with Crippen LogP contribution in [0.5, 0.6) is 0 Å². The third-order valence-corrected chi connectivity index (χ3v) is 1.65. The van der Waals surface area contributed by atoms with Crippen LogP contribution < -0.4 is 16.4 Å². The maximum Gasteiger partial charge on any atom is 0.242 e. The van der Waals surface area contributed by atoms with E-state index in [9.17, 15) is 4.79 Å². The Hall–Kier alpha value is -1.56. The number of carbonyl (C=O) groups excluding carboxylic acids is 1. The molecule has 0 heterocycles. The summed E-state index contributed by atoms with van der Waals surface area (Å²) in [4.78, 5) is 15.0. The van der Waals surface area contributed by atoms with Gasteiger partial charge in [0.2, 0.25) is 5.91 Å². The summed E-state index contributed by atoms with van der Waals surface area (Å²) in [6.45, 7) is 6.36. The first-order chi connectivity index (χ1) is 7.60. The van der Waals surface area contributed by atoms with Crippen LogP contribution in [0, 0.1) is 0 Å². The minimum absolute atomic E-state index is 0.00632. The van der Waals surface area contributed by atoms with Crippen LogP contribution in [-0.4, -0.2) is 44.7 Å². The van der Waals surface area contributed by atoms with Crippen molar-refractivity contribution in [3.05, 3.63) is 12.7 Å². The van der Waals surface area contributed by atoms with Crippen molar-refractivity contribution < 1.29 is 9.53 Å². The molecule has 0 aromatic rings. The Morgan fingerprint density at radius 2 is 2.38 bits per heavy atom. The average Bonchev–Trinajstić information content (AvgIpc) is 2.23. The average molecular weight is 228 g/mol. The smallest absolute Gasteiger partial charge is 0.242 e. The molecule has 1 unspecified atom stereocenters. The second-order valence-electron chi connectivity index (χ2n) is 3.29. The number of amides is 1. The zero-order chi connectivity index (χ0) is 12.4. The van der Waals surface area contributed by atoms with Crippen LogP contribution in [0.25, 0.3) is 0 Å². The van der Waals surface area contributed by atoms with Crippen LogP contribution in [-0.2, 0) is 9.53 Å². The van der Waals surface area contributed by atoms with Gasteiger partial charge < -0.3 is 21.1 Å². The number of nitrogens with zero attached hydrogens (tertiary/aromatic N) is 1. The normalized spacial score (nSPS) is 13.0. The molecule has 92 valence electrons. The molecule has 0 aliphatic heterocycles. The van der Waals surface area contributed by atoms with E-state index in [0.29, 0.717) is 13.2 Å². The van der Waals surface area contributed by atoms with Crippen molar-refractivity contribution in [2.24, 2.45) is 10.7 Å². The minimum Gasteiger partial charge on any atom is -0.383 e. The fraction of sp³-hybridized carbons (Fsp3) is 0.600. The van der Waals surface area contributed by atoms with Crippen LogP contribution in [0.1, 0.15) is 6.92 Å². The van der Waals surface area contributed by atoms with Crippen LogP contribution in [0.2, 0.25) is 0 Å². The molecule has 0 rings (SSSR count). The van der Waals surface area contributed by atoms with E-state index in [1.165, 1.54) is 0 Å². The van der Waals surface area contributed by atoms with E-state index in [1.54, 1.807) is 13.2 Å². The number of carbonyl (C=O) groups is 1. The lowest BCUT2D eigenvalue weighted by Crippen LogP contribution is -2.41. The van der Waals surface area contributed by atoms with E-state index in [0.717, 1.165) is 0 Å². The molecule has 6 nitrogen and oxygen atoms in total. The topological polar surface area (TPSA) is 88.7 Å². The van der Waals surface area contributed by atoms with Crippen molar-refractivity contribution >= 4 is 11.9 Å². The fourth-order valence-electron chi connectivity index (χ4n) is 0.989. The number of aliphatic imine (C=N–C) groups is 1. The summed E-state index contributed by atoms with van der Waals surface area (Å²) in [5.41, 5.74) is 5.57. The lowest BCUT2D eigenvalue weighted by Gasteiger charge is -2.12. The molecule has 16 heavy (non-hydrogen) atoms. The Bertz CT molecular complexity index is 253. The summed E-state index contributed by atoms with van der Waals surface area (Å²) >= 11 is 0. The molecule has 0 bridgehead atoms.